The number of carbonyl (C=O) groups is 3. The predicted octanol–water partition coefficient (Wildman–Crippen LogP) is 0.756. The summed E-state index contributed by atoms with van der Waals surface area (Å²) >= 11 is 0. The molecule has 2 rings (SSSR count). The molecule has 10 heteroatoms. The minimum atomic E-state index is -2.98. The van der Waals surface area contributed by atoms with E-state index in [1.54, 1.807) is 0 Å². The maximum Gasteiger partial charge on any atom is 0.387 e. The van der Waals surface area contributed by atoms with E-state index in [1.807, 2.05) is 0 Å². The number of ether oxygens (including phenoxy) is 1. The Bertz CT molecular complexity index is 656. The summed E-state index contributed by atoms with van der Waals surface area (Å²) in [6.45, 7) is -2.51. The molecule has 1 fully saturated rings. The van der Waals surface area contributed by atoms with Gasteiger partial charge in [0.1, 0.15) is 11.8 Å². The topological polar surface area (TPSA) is 99.8 Å². The molecule has 0 saturated carbocycles. The van der Waals surface area contributed by atoms with Crippen LogP contribution < -0.4 is 20.7 Å². The summed E-state index contributed by atoms with van der Waals surface area (Å²) in [6.07, 6.45) is -0.176. The molecule has 1 aromatic rings. The maximum atomic E-state index is 12.4. The Labute approximate surface area is 142 Å². The lowest BCUT2D eigenvalue weighted by Gasteiger charge is -2.34. The Morgan fingerprint density at radius 3 is 2.88 bits per heavy atom. The van der Waals surface area contributed by atoms with Crippen LogP contribution in [-0.4, -0.2) is 55.5 Å². The number of hydrogen-bond acceptors (Lipinski definition) is 4. The van der Waals surface area contributed by atoms with Gasteiger partial charge in [-0.2, -0.15) is 8.78 Å². The van der Waals surface area contributed by atoms with E-state index in [4.69, 9.17) is 0 Å². The minimum Gasteiger partial charge on any atom is -0.435 e. The monoisotopic (exact) mass is 356 g/mol. The number of urea groups is 1. The standard InChI is InChI=1S/C15H18F2N4O4/c1-18-12(22)8-11-13(23)19-5-6-21(11)15(24)20-9-3-2-4-10(7-9)25-14(16)17/h2-4,7,11,14H,5-6,8H2,1H3,(H,18,22)(H,19,23)(H,20,24). The molecule has 136 valence electrons. The first-order chi connectivity index (χ1) is 11.9. The molecule has 1 aliphatic heterocycles. The van der Waals surface area contributed by atoms with Gasteiger partial charge < -0.3 is 25.6 Å². The van der Waals surface area contributed by atoms with Crippen molar-refractivity contribution in [1.82, 2.24) is 15.5 Å². The normalized spacial score (nSPS) is 17.0. The zero-order valence-electron chi connectivity index (χ0n) is 13.4. The number of hydrogen-bond donors (Lipinski definition) is 3. The number of piperazine rings is 1. The third-order valence-electron chi connectivity index (χ3n) is 3.56. The van der Waals surface area contributed by atoms with Gasteiger partial charge in [-0.05, 0) is 12.1 Å². The van der Waals surface area contributed by atoms with Gasteiger partial charge in [0.25, 0.3) is 0 Å². The quantitative estimate of drug-likeness (QED) is 0.725. The molecule has 0 aliphatic carbocycles. The van der Waals surface area contributed by atoms with Crippen molar-refractivity contribution in [3.05, 3.63) is 24.3 Å². The van der Waals surface area contributed by atoms with Crippen molar-refractivity contribution in [3.8, 4) is 5.75 Å². The van der Waals surface area contributed by atoms with Gasteiger partial charge in [0.05, 0.1) is 6.42 Å². The van der Waals surface area contributed by atoms with Crippen LogP contribution in [0.25, 0.3) is 0 Å². The Kier molecular flexibility index (Phi) is 6.09. The van der Waals surface area contributed by atoms with Crippen LogP contribution in [0.2, 0.25) is 0 Å². The molecule has 1 aromatic carbocycles. The van der Waals surface area contributed by atoms with Crippen LogP contribution in [0.5, 0.6) is 5.75 Å². The molecule has 0 aromatic heterocycles. The molecule has 3 N–H and O–H groups in total. The maximum absolute atomic E-state index is 12.4. The lowest BCUT2D eigenvalue weighted by molar-refractivity contribution is -0.132. The van der Waals surface area contributed by atoms with E-state index in [0.29, 0.717) is 0 Å². The van der Waals surface area contributed by atoms with Gasteiger partial charge in [-0.25, -0.2) is 4.79 Å². The molecule has 1 atom stereocenters. The SMILES string of the molecule is CNC(=O)CC1C(=O)NCCN1C(=O)Nc1cccc(OC(F)F)c1. The van der Waals surface area contributed by atoms with E-state index in [9.17, 15) is 23.2 Å². The Morgan fingerprint density at radius 2 is 2.20 bits per heavy atom. The van der Waals surface area contributed by atoms with Gasteiger partial charge in [-0.3, -0.25) is 9.59 Å². The Balaban J connectivity index is 2.09. The van der Waals surface area contributed by atoms with Crippen LogP contribution in [0, 0.1) is 0 Å². The molecular formula is C15H18F2N4O4. The van der Waals surface area contributed by atoms with Crippen LogP contribution in [0.1, 0.15) is 6.42 Å². The first-order valence-electron chi connectivity index (χ1n) is 7.51. The van der Waals surface area contributed by atoms with Crippen molar-refractivity contribution in [1.29, 1.82) is 0 Å². The van der Waals surface area contributed by atoms with Crippen LogP contribution >= 0.6 is 0 Å². The highest BCUT2D eigenvalue weighted by atomic mass is 19.3. The number of halogens is 2. The van der Waals surface area contributed by atoms with E-state index in [2.05, 4.69) is 20.7 Å². The van der Waals surface area contributed by atoms with E-state index >= 15 is 0 Å². The fourth-order valence-corrected chi connectivity index (χ4v) is 2.38. The molecule has 0 bridgehead atoms. The largest absolute Gasteiger partial charge is 0.435 e. The highest BCUT2D eigenvalue weighted by molar-refractivity contribution is 5.96. The van der Waals surface area contributed by atoms with E-state index in [0.717, 1.165) is 0 Å². The number of alkyl halides is 2. The highest BCUT2D eigenvalue weighted by Gasteiger charge is 2.34. The Hall–Kier alpha value is -2.91. The summed E-state index contributed by atoms with van der Waals surface area (Å²) < 4.78 is 28.8. The van der Waals surface area contributed by atoms with Crippen LogP contribution in [-0.2, 0) is 9.59 Å². The van der Waals surface area contributed by atoms with Gasteiger partial charge in [-0.1, -0.05) is 6.07 Å². The zero-order valence-corrected chi connectivity index (χ0v) is 13.4. The van der Waals surface area contributed by atoms with Crippen molar-refractivity contribution in [2.24, 2.45) is 0 Å². The van der Waals surface area contributed by atoms with Gasteiger partial charge >= 0.3 is 12.6 Å². The van der Waals surface area contributed by atoms with Crippen LogP contribution in [0.4, 0.5) is 19.3 Å². The smallest absolute Gasteiger partial charge is 0.387 e. The fraction of sp³-hybridized carbons (Fsp3) is 0.400. The second-order valence-corrected chi connectivity index (χ2v) is 5.21. The number of nitrogens with one attached hydrogen (secondary N) is 3. The average molecular weight is 356 g/mol. The summed E-state index contributed by atoms with van der Waals surface area (Å²) in [4.78, 5) is 37.2. The Morgan fingerprint density at radius 1 is 1.44 bits per heavy atom. The van der Waals surface area contributed by atoms with E-state index in [1.165, 1.54) is 36.2 Å². The number of benzene rings is 1. The van der Waals surface area contributed by atoms with Crippen molar-refractivity contribution < 1.29 is 27.9 Å². The van der Waals surface area contributed by atoms with Gasteiger partial charge in [0, 0.05) is 31.9 Å². The minimum absolute atomic E-state index is 0.105. The molecule has 0 radical (unpaired) electrons. The zero-order chi connectivity index (χ0) is 18.4. The lowest BCUT2D eigenvalue weighted by atomic mass is 10.1. The molecule has 25 heavy (non-hydrogen) atoms. The van der Waals surface area contributed by atoms with Gasteiger partial charge in [-0.15, -0.1) is 0 Å². The molecule has 1 unspecified atom stereocenters. The second-order valence-electron chi connectivity index (χ2n) is 5.21. The number of carbonyl (C=O) groups excluding carboxylic acids is 3. The number of rotatable bonds is 5. The average Bonchev–Trinajstić information content (AvgIpc) is 2.56. The first kappa shape index (κ1) is 18.4. The molecule has 1 heterocycles. The number of anilines is 1. The van der Waals surface area contributed by atoms with E-state index in [-0.39, 0.29) is 36.9 Å². The predicted molar refractivity (Wildman–Crippen MR) is 84.3 cm³/mol. The summed E-state index contributed by atoms with van der Waals surface area (Å²) in [5.74, 6) is -0.918. The fourth-order valence-electron chi connectivity index (χ4n) is 2.38. The third-order valence-corrected chi connectivity index (χ3v) is 3.56. The van der Waals surface area contributed by atoms with Crippen molar-refractivity contribution in [3.63, 3.8) is 0 Å². The lowest BCUT2D eigenvalue weighted by Crippen LogP contribution is -2.59. The van der Waals surface area contributed by atoms with Gasteiger partial charge in [0.15, 0.2) is 0 Å². The van der Waals surface area contributed by atoms with Crippen molar-refractivity contribution in [2.75, 3.05) is 25.5 Å². The molecule has 8 nitrogen and oxygen atoms in total. The second kappa shape index (κ2) is 8.27. The molecular weight excluding hydrogens is 338 g/mol. The van der Waals surface area contributed by atoms with E-state index < -0.39 is 24.6 Å². The number of nitrogens with zero attached hydrogens (tertiary/aromatic N) is 1. The van der Waals surface area contributed by atoms with Crippen molar-refractivity contribution in [2.45, 2.75) is 19.1 Å². The van der Waals surface area contributed by atoms with Crippen LogP contribution in [0.3, 0.4) is 0 Å². The highest BCUT2D eigenvalue weighted by Crippen LogP contribution is 2.20. The van der Waals surface area contributed by atoms with Gasteiger partial charge in [0.2, 0.25) is 11.8 Å². The first-order valence-corrected chi connectivity index (χ1v) is 7.51. The summed E-state index contributed by atoms with van der Waals surface area (Å²) in [6, 6.07) is 3.94. The molecule has 1 saturated heterocycles. The summed E-state index contributed by atoms with van der Waals surface area (Å²) in [5, 5.41) is 7.52. The number of amides is 4. The molecule has 1 aliphatic rings. The van der Waals surface area contributed by atoms with Crippen LogP contribution in [0.15, 0.2) is 24.3 Å². The molecule has 4 amide bonds. The third kappa shape index (κ3) is 5.03. The molecule has 0 spiro atoms. The van der Waals surface area contributed by atoms with Crippen molar-refractivity contribution >= 4 is 23.5 Å². The summed E-state index contributed by atoms with van der Waals surface area (Å²) in [7, 11) is 1.43. The summed E-state index contributed by atoms with van der Waals surface area (Å²) in [5.41, 5.74) is 0.229.